The molecule has 0 aromatic carbocycles. The molecule has 4 heterocycles. The summed E-state index contributed by atoms with van der Waals surface area (Å²) in [5, 5.41) is 4.13. The average Bonchev–Trinajstić information content (AvgIpc) is 3.18. The Balaban J connectivity index is 1.67. The van der Waals surface area contributed by atoms with Crippen LogP contribution in [0.3, 0.4) is 0 Å². The second kappa shape index (κ2) is 7.29. The van der Waals surface area contributed by atoms with E-state index in [2.05, 4.69) is 22.0 Å². The van der Waals surface area contributed by atoms with E-state index in [9.17, 15) is 8.42 Å². The topological polar surface area (TPSA) is 84.2 Å². The zero-order valence-electron chi connectivity index (χ0n) is 15.9. The molecule has 0 saturated carbocycles. The molecule has 1 unspecified atom stereocenters. The molecule has 0 aliphatic carbocycles. The number of aryl methyl sites for hydroxylation is 1. The second-order valence-corrected chi connectivity index (χ2v) is 9.24. The molecular weight excluding hydrogens is 364 g/mol. The molecule has 2 aliphatic rings. The second-order valence-electron chi connectivity index (χ2n) is 7.35. The minimum Gasteiger partial charge on any atom is -0.302 e. The summed E-state index contributed by atoms with van der Waals surface area (Å²) in [5.74, 6) is 0.629. The Morgan fingerprint density at radius 2 is 2.07 bits per heavy atom. The van der Waals surface area contributed by atoms with Crippen LogP contribution in [0.1, 0.15) is 49.3 Å². The van der Waals surface area contributed by atoms with Gasteiger partial charge in [0.2, 0.25) is 10.0 Å². The molecule has 2 aromatic rings. The molecule has 146 valence electrons. The Morgan fingerprint density at radius 3 is 2.85 bits per heavy atom. The molecule has 4 rings (SSSR count). The van der Waals surface area contributed by atoms with Gasteiger partial charge in [-0.05, 0) is 26.8 Å². The first kappa shape index (κ1) is 18.5. The summed E-state index contributed by atoms with van der Waals surface area (Å²) in [7, 11) is -1.53. The van der Waals surface area contributed by atoms with Crippen LogP contribution >= 0.6 is 0 Å². The highest BCUT2D eigenvalue weighted by Gasteiger charge is 2.37. The number of piperidine rings is 1. The molecule has 0 radical (unpaired) electrons. The van der Waals surface area contributed by atoms with Gasteiger partial charge in [0.1, 0.15) is 10.7 Å². The predicted octanol–water partition coefficient (Wildman–Crippen LogP) is 1.60. The molecule has 2 aliphatic heterocycles. The van der Waals surface area contributed by atoms with Crippen molar-refractivity contribution < 1.29 is 8.42 Å². The van der Waals surface area contributed by atoms with Gasteiger partial charge < -0.3 is 4.90 Å². The number of rotatable bonds is 4. The summed E-state index contributed by atoms with van der Waals surface area (Å²) in [6, 6.07) is -0.307. The van der Waals surface area contributed by atoms with Crippen LogP contribution in [0.15, 0.2) is 23.5 Å². The maximum Gasteiger partial charge on any atom is 0.246 e. The number of fused-ring (bicyclic) bond motifs is 1. The van der Waals surface area contributed by atoms with Crippen LogP contribution in [0.5, 0.6) is 0 Å². The van der Waals surface area contributed by atoms with Gasteiger partial charge in [-0.3, -0.25) is 4.68 Å². The van der Waals surface area contributed by atoms with E-state index in [1.165, 1.54) is 6.20 Å². The lowest BCUT2D eigenvalue weighted by Gasteiger charge is -2.34. The molecule has 0 spiro atoms. The summed E-state index contributed by atoms with van der Waals surface area (Å²) in [4.78, 5) is 11.8. The zero-order chi connectivity index (χ0) is 19.0. The standard InChI is InChI=1S/C18H26N6O2S/c1-3-23-13-15(11-20-23)27(25,26)24-8-5-4-6-17(24)18-19-10-14-12-22(2)9-7-16(14)21-18/h10-11,13,17H,3-9,12H2,1-2H3. The lowest BCUT2D eigenvalue weighted by Crippen LogP contribution is -2.39. The van der Waals surface area contributed by atoms with E-state index >= 15 is 0 Å². The molecule has 8 nitrogen and oxygen atoms in total. The first-order chi connectivity index (χ1) is 13.0. The Kier molecular flexibility index (Phi) is 5.00. The lowest BCUT2D eigenvalue weighted by atomic mass is 10.0. The van der Waals surface area contributed by atoms with Gasteiger partial charge in [-0.25, -0.2) is 18.4 Å². The van der Waals surface area contributed by atoms with Gasteiger partial charge in [0.15, 0.2) is 0 Å². The van der Waals surface area contributed by atoms with Crippen molar-refractivity contribution in [3.05, 3.63) is 35.7 Å². The average molecular weight is 391 g/mol. The molecule has 1 atom stereocenters. The van der Waals surface area contributed by atoms with Gasteiger partial charge in [0.25, 0.3) is 0 Å². The molecule has 0 N–H and O–H groups in total. The van der Waals surface area contributed by atoms with E-state index in [-0.39, 0.29) is 10.9 Å². The van der Waals surface area contributed by atoms with Crippen molar-refractivity contribution in [3.8, 4) is 0 Å². The fourth-order valence-electron chi connectivity index (χ4n) is 3.87. The molecule has 0 bridgehead atoms. The van der Waals surface area contributed by atoms with Crippen molar-refractivity contribution in [2.75, 3.05) is 20.1 Å². The first-order valence-electron chi connectivity index (χ1n) is 9.56. The van der Waals surface area contributed by atoms with Gasteiger partial charge >= 0.3 is 0 Å². The summed E-state index contributed by atoms with van der Waals surface area (Å²) in [6.45, 7) is 4.88. The fraction of sp³-hybridized carbons (Fsp3) is 0.611. The smallest absolute Gasteiger partial charge is 0.246 e. The zero-order valence-corrected chi connectivity index (χ0v) is 16.7. The highest BCUT2D eigenvalue weighted by atomic mass is 32.2. The van der Waals surface area contributed by atoms with Crippen LogP contribution in [0, 0.1) is 0 Å². The maximum atomic E-state index is 13.2. The molecule has 1 fully saturated rings. The fourth-order valence-corrected chi connectivity index (χ4v) is 5.48. The van der Waals surface area contributed by atoms with Crippen LogP contribution in [0.2, 0.25) is 0 Å². The summed E-state index contributed by atoms with van der Waals surface area (Å²) < 4.78 is 29.7. The van der Waals surface area contributed by atoms with Crippen LogP contribution in [0.25, 0.3) is 0 Å². The number of sulfonamides is 1. The Hall–Kier alpha value is -1.84. The molecule has 2 aromatic heterocycles. The Morgan fingerprint density at radius 1 is 1.22 bits per heavy atom. The van der Waals surface area contributed by atoms with Crippen LogP contribution in [-0.2, 0) is 29.5 Å². The number of nitrogens with zero attached hydrogens (tertiary/aromatic N) is 6. The van der Waals surface area contributed by atoms with Crippen molar-refractivity contribution in [1.29, 1.82) is 0 Å². The first-order valence-corrected chi connectivity index (χ1v) is 11.0. The SMILES string of the molecule is CCn1cc(S(=O)(=O)N2CCCCC2c2ncc3c(n2)CCN(C)C3)cn1. The number of hydrogen-bond acceptors (Lipinski definition) is 6. The third-order valence-electron chi connectivity index (χ3n) is 5.44. The van der Waals surface area contributed by atoms with E-state index in [0.717, 1.165) is 50.0 Å². The molecule has 9 heteroatoms. The van der Waals surface area contributed by atoms with Crippen molar-refractivity contribution in [1.82, 2.24) is 29.0 Å². The van der Waals surface area contributed by atoms with Gasteiger partial charge in [-0.1, -0.05) is 6.42 Å². The number of likely N-dealkylation sites (N-methyl/N-ethyl adjacent to an activating group) is 1. The van der Waals surface area contributed by atoms with E-state index in [1.807, 2.05) is 13.1 Å². The van der Waals surface area contributed by atoms with Gasteiger partial charge in [0, 0.05) is 56.3 Å². The quantitative estimate of drug-likeness (QED) is 0.788. The summed E-state index contributed by atoms with van der Waals surface area (Å²) >= 11 is 0. The van der Waals surface area contributed by atoms with Crippen molar-refractivity contribution in [2.24, 2.45) is 0 Å². The van der Waals surface area contributed by atoms with E-state index in [0.29, 0.717) is 18.9 Å². The summed E-state index contributed by atoms with van der Waals surface area (Å²) in [5.41, 5.74) is 2.20. The van der Waals surface area contributed by atoms with Gasteiger partial charge in [0.05, 0.1) is 12.2 Å². The van der Waals surface area contributed by atoms with Gasteiger partial charge in [-0.15, -0.1) is 0 Å². The third-order valence-corrected chi connectivity index (χ3v) is 7.30. The van der Waals surface area contributed by atoms with Crippen LogP contribution < -0.4 is 0 Å². The van der Waals surface area contributed by atoms with E-state index < -0.39 is 10.0 Å². The normalized spacial score (nSPS) is 21.9. The molecule has 1 saturated heterocycles. The highest BCUT2D eigenvalue weighted by Crippen LogP contribution is 2.34. The lowest BCUT2D eigenvalue weighted by molar-refractivity contribution is 0.244. The van der Waals surface area contributed by atoms with Crippen LogP contribution in [0.4, 0.5) is 0 Å². The minimum absolute atomic E-state index is 0.246. The number of aromatic nitrogens is 4. The summed E-state index contributed by atoms with van der Waals surface area (Å²) in [6.07, 6.45) is 8.38. The van der Waals surface area contributed by atoms with Gasteiger partial charge in [-0.2, -0.15) is 9.40 Å². The largest absolute Gasteiger partial charge is 0.302 e. The monoisotopic (exact) mass is 390 g/mol. The predicted molar refractivity (Wildman–Crippen MR) is 100 cm³/mol. The third kappa shape index (κ3) is 3.51. The van der Waals surface area contributed by atoms with Crippen LogP contribution in [-0.4, -0.2) is 57.5 Å². The molecular formula is C18H26N6O2S. The van der Waals surface area contributed by atoms with E-state index in [4.69, 9.17) is 4.98 Å². The highest BCUT2D eigenvalue weighted by molar-refractivity contribution is 7.89. The molecule has 27 heavy (non-hydrogen) atoms. The minimum atomic E-state index is -3.62. The van der Waals surface area contributed by atoms with Crippen molar-refractivity contribution >= 4 is 10.0 Å². The molecule has 0 amide bonds. The maximum absolute atomic E-state index is 13.2. The van der Waals surface area contributed by atoms with Crippen molar-refractivity contribution in [2.45, 2.75) is 56.6 Å². The Labute approximate surface area is 160 Å². The van der Waals surface area contributed by atoms with Crippen molar-refractivity contribution in [3.63, 3.8) is 0 Å². The number of hydrogen-bond donors (Lipinski definition) is 0. The Bertz CT molecular complexity index is 926. The van der Waals surface area contributed by atoms with E-state index in [1.54, 1.807) is 15.2 Å².